The molecule has 1 fully saturated rings. The van der Waals surface area contributed by atoms with Crippen molar-refractivity contribution in [3.63, 3.8) is 0 Å². The van der Waals surface area contributed by atoms with Crippen LogP contribution in [0, 0.1) is 0 Å². The van der Waals surface area contributed by atoms with Crippen molar-refractivity contribution < 1.29 is 4.74 Å². The summed E-state index contributed by atoms with van der Waals surface area (Å²) in [5, 5.41) is 0. The van der Waals surface area contributed by atoms with Gasteiger partial charge in [-0.2, -0.15) is 0 Å². The molecule has 10 heavy (non-hydrogen) atoms. The topological polar surface area (TPSA) is 35.2 Å². The van der Waals surface area contributed by atoms with Crippen LogP contribution in [-0.4, -0.2) is 12.1 Å². The summed E-state index contributed by atoms with van der Waals surface area (Å²) in [5.74, 6) is 0. The number of hydrogen-bond acceptors (Lipinski definition) is 2. The molecule has 1 saturated carbocycles. The van der Waals surface area contributed by atoms with E-state index in [1.165, 1.54) is 5.57 Å². The van der Waals surface area contributed by atoms with E-state index in [4.69, 9.17) is 10.5 Å². The van der Waals surface area contributed by atoms with Gasteiger partial charge in [0.1, 0.15) is 6.61 Å². The molecule has 0 aromatic rings. The summed E-state index contributed by atoms with van der Waals surface area (Å²) in [6, 6.07) is 0. The van der Waals surface area contributed by atoms with Gasteiger partial charge in [0.15, 0.2) is 0 Å². The van der Waals surface area contributed by atoms with E-state index in [1.807, 2.05) is 6.08 Å². The molecule has 54 valence electrons. The van der Waals surface area contributed by atoms with Gasteiger partial charge in [0, 0.05) is 5.54 Å². The molecule has 1 aliphatic heterocycles. The maximum absolute atomic E-state index is 5.95. The summed E-state index contributed by atoms with van der Waals surface area (Å²) in [4.78, 5) is 0. The van der Waals surface area contributed by atoms with E-state index in [0.29, 0.717) is 6.61 Å². The lowest BCUT2D eigenvalue weighted by Gasteiger charge is -2.13. The number of hydrogen-bond donors (Lipinski definition) is 1. The Labute approximate surface area is 60.4 Å². The fraction of sp³-hybridized carbons (Fsp3) is 0.500. The molecule has 0 unspecified atom stereocenters. The van der Waals surface area contributed by atoms with Gasteiger partial charge in [-0.3, -0.25) is 0 Å². The molecule has 0 amide bonds. The number of rotatable bonds is 1. The van der Waals surface area contributed by atoms with Crippen LogP contribution in [0.15, 0.2) is 24.0 Å². The fourth-order valence-electron chi connectivity index (χ4n) is 1.18. The van der Waals surface area contributed by atoms with Gasteiger partial charge in [-0.25, -0.2) is 0 Å². The standard InChI is InChI=1S/C8H11NO/c9-8(3-4-8)7-1-5-10-6-2-7/h1-2,5H,3-4,6,9H2. The first kappa shape index (κ1) is 5.98. The summed E-state index contributed by atoms with van der Waals surface area (Å²) in [6.45, 7) is 0.685. The molecule has 0 spiro atoms. The van der Waals surface area contributed by atoms with E-state index in [9.17, 15) is 0 Å². The second kappa shape index (κ2) is 1.86. The van der Waals surface area contributed by atoms with Crippen molar-refractivity contribution in [2.24, 2.45) is 5.73 Å². The fourth-order valence-corrected chi connectivity index (χ4v) is 1.18. The largest absolute Gasteiger partial charge is 0.497 e. The molecule has 1 heterocycles. The molecule has 0 atom stereocenters. The molecule has 2 N–H and O–H groups in total. The molecule has 1 aliphatic carbocycles. The van der Waals surface area contributed by atoms with E-state index < -0.39 is 0 Å². The van der Waals surface area contributed by atoms with Crippen molar-refractivity contribution in [1.29, 1.82) is 0 Å². The van der Waals surface area contributed by atoms with Gasteiger partial charge in [-0.15, -0.1) is 0 Å². The zero-order valence-electron chi connectivity index (χ0n) is 5.84. The molecule has 0 radical (unpaired) electrons. The Morgan fingerprint density at radius 3 is 2.80 bits per heavy atom. The van der Waals surface area contributed by atoms with Gasteiger partial charge in [-0.1, -0.05) is 0 Å². The molecular formula is C8H11NO. The Hall–Kier alpha value is -0.760. The van der Waals surface area contributed by atoms with Crippen molar-refractivity contribution in [3.8, 4) is 0 Å². The zero-order chi connectivity index (χ0) is 7.03. The molecule has 0 aromatic carbocycles. The lowest BCUT2D eigenvalue weighted by molar-refractivity contribution is 0.283. The quantitative estimate of drug-likeness (QED) is 0.584. The zero-order valence-corrected chi connectivity index (χ0v) is 5.84. The van der Waals surface area contributed by atoms with Gasteiger partial charge >= 0.3 is 0 Å². The number of ether oxygens (including phenoxy) is 1. The van der Waals surface area contributed by atoms with E-state index in [2.05, 4.69) is 6.08 Å². The third kappa shape index (κ3) is 0.847. The predicted octanol–water partition coefficient (Wildman–Crippen LogP) is 0.948. The molecule has 0 saturated heterocycles. The Bertz CT molecular complexity index is 201. The van der Waals surface area contributed by atoms with Crippen molar-refractivity contribution in [1.82, 2.24) is 0 Å². The van der Waals surface area contributed by atoms with E-state index in [1.54, 1.807) is 6.26 Å². The maximum atomic E-state index is 5.95. The third-order valence-electron chi connectivity index (χ3n) is 2.11. The molecule has 0 aromatic heterocycles. The molecule has 2 heteroatoms. The van der Waals surface area contributed by atoms with Crippen molar-refractivity contribution in [3.05, 3.63) is 24.0 Å². The lowest BCUT2D eigenvalue weighted by atomic mass is 10.1. The van der Waals surface area contributed by atoms with Gasteiger partial charge in [0.2, 0.25) is 0 Å². The van der Waals surface area contributed by atoms with Crippen molar-refractivity contribution in [2.75, 3.05) is 6.61 Å². The van der Waals surface area contributed by atoms with E-state index in [0.717, 1.165) is 12.8 Å². The number of nitrogens with two attached hydrogens (primary N) is 1. The first-order valence-corrected chi connectivity index (χ1v) is 3.59. The minimum absolute atomic E-state index is 0.0142. The Morgan fingerprint density at radius 2 is 2.30 bits per heavy atom. The normalized spacial score (nSPS) is 27.1. The Morgan fingerprint density at radius 1 is 1.50 bits per heavy atom. The van der Waals surface area contributed by atoms with Gasteiger partial charge in [0.25, 0.3) is 0 Å². The second-order valence-electron chi connectivity index (χ2n) is 2.95. The highest BCUT2D eigenvalue weighted by Crippen LogP contribution is 2.40. The first-order valence-electron chi connectivity index (χ1n) is 3.59. The summed E-state index contributed by atoms with van der Waals surface area (Å²) in [5.41, 5.74) is 7.21. The highest BCUT2D eigenvalue weighted by Gasteiger charge is 2.40. The van der Waals surface area contributed by atoms with Crippen LogP contribution in [-0.2, 0) is 4.74 Å². The van der Waals surface area contributed by atoms with E-state index in [-0.39, 0.29) is 5.54 Å². The van der Waals surface area contributed by atoms with Crippen LogP contribution in [0.3, 0.4) is 0 Å². The Balaban J connectivity index is 2.17. The van der Waals surface area contributed by atoms with Crippen LogP contribution in [0.5, 0.6) is 0 Å². The van der Waals surface area contributed by atoms with E-state index >= 15 is 0 Å². The molecule has 2 aliphatic rings. The van der Waals surface area contributed by atoms with Crippen LogP contribution in [0.25, 0.3) is 0 Å². The monoisotopic (exact) mass is 137 g/mol. The smallest absolute Gasteiger partial charge is 0.106 e. The van der Waals surface area contributed by atoms with Crippen LogP contribution in [0.1, 0.15) is 12.8 Å². The van der Waals surface area contributed by atoms with Crippen molar-refractivity contribution >= 4 is 0 Å². The summed E-state index contributed by atoms with van der Waals surface area (Å²) in [6.07, 6.45) is 8.01. The third-order valence-corrected chi connectivity index (χ3v) is 2.11. The first-order chi connectivity index (χ1) is 4.81. The van der Waals surface area contributed by atoms with Crippen LogP contribution < -0.4 is 5.73 Å². The predicted molar refractivity (Wildman–Crippen MR) is 39.3 cm³/mol. The van der Waals surface area contributed by atoms with Crippen LogP contribution >= 0.6 is 0 Å². The average Bonchev–Trinajstić information content (AvgIpc) is 2.72. The summed E-state index contributed by atoms with van der Waals surface area (Å²) < 4.78 is 5.01. The van der Waals surface area contributed by atoms with Gasteiger partial charge in [0.05, 0.1) is 6.26 Å². The lowest BCUT2D eigenvalue weighted by Crippen LogP contribution is -2.24. The minimum Gasteiger partial charge on any atom is -0.497 e. The SMILES string of the molecule is NC1(C2=CCOC=C2)CC1. The molecule has 0 bridgehead atoms. The molecular weight excluding hydrogens is 126 g/mol. The summed E-state index contributed by atoms with van der Waals surface area (Å²) >= 11 is 0. The highest BCUT2D eigenvalue weighted by atomic mass is 16.5. The Kier molecular flexibility index (Phi) is 1.11. The second-order valence-corrected chi connectivity index (χ2v) is 2.95. The van der Waals surface area contributed by atoms with Crippen LogP contribution in [0.4, 0.5) is 0 Å². The summed E-state index contributed by atoms with van der Waals surface area (Å²) in [7, 11) is 0. The molecule has 2 nitrogen and oxygen atoms in total. The van der Waals surface area contributed by atoms with Gasteiger partial charge in [-0.05, 0) is 30.6 Å². The van der Waals surface area contributed by atoms with Crippen LogP contribution in [0.2, 0.25) is 0 Å². The van der Waals surface area contributed by atoms with Crippen molar-refractivity contribution in [2.45, 2.75) is 18.4 Å². The minimum atomic E-state index is 0.0142. The highest BCUT2D eigenvalue weighted by molar-refractivity contribution is 5.36. The van der Waals surface area contributed by atoms with Gasteiger partial charge < -0.3 is 10.5 Å². The molecule has 2 rings (SSSR count). The maximum Gasteiger partial charge on any atom is 0.106 e. The average molecular weight is 137 g/mol.